The van der Waals surface area contributed by atoms with Crippen LogP contribution in [0.1, 0.15) is 67.6 Å². The number of carbonyl (C=O) groups excluding carboxylic acids is 1. The van der Waals surface area contributed by atoms with Gasteiger partial charge in [0.2, 0.25) is 0 Å². The first-order valence-electron chi connectivity index (χ1n) is 18.0. The molecule has 0 unspecified atom stereocenters. The van der Waals surface area contributed by atoms with E-state index in [0.29, 0.717) is 43.4 Å². The van der Waals surface area contributed by atoms with E-state index in [9.17, 15) is 22.4 Å². The van der Waals surface area contributed by atoms with Crippen molar-refractivity contribution < 1.29 is 36.6 Å². The van der Waals surface area contributed by atoms with E-state index in [-0.39, 0.29) is 23.3 Å². The fourth-order valence-corrected chi connectivity index (χ4v) is 6.87. The van der Waals surface area contributed by atoms with Gasteiger partial charge in [-0.1, -0.05) is 0 Å². The number of benzene rings is 1. The standard InChI is InChI=1S/C36H46F4N8O4/c1-25(2)48(22-36(38,39)40)35(49)28-20-26(37)6-7-31(28)52-34-33(42-23-43-44-34)47-17-9-27(10-18-47)51-32-8-12-41-30-11-16-45(21-29(30)32)14-5-15-46-13-3-4-19-50-24-46/h6-8,12,20,23,25,27H,3-5,9-11,13-19,21-22,24H2,1-2H3. The molecule has 0 radical (unpaired) electrons. The molecule has 2 aromatic heterocycles. The number of hydrogen-bond donors (Lipinski definition) is 0. The van der Waals surface area contributed by atoms with Crippen molar-refractivity contribution in [2.75, 3.05) is 64.1 Å². The Morgan fingerprint density at radius 1 is 1.04 bits per heavy atom. The van der Waals surface area contributed by atoms with Gasteiger partial charge in [-0.25, -0.2) is 9.37 Å². The van der Waals surface area contributed by atoms with E-state index in [4.69, 9.17) is 14.2 Å². The number of fused-ring (bicyclic) bond motifs is 1. The SMILES string of the molecule is CC(C)N(CC(F)(F)F)C(=O)c1cc(F)ccc1Oc1nncnc1N1CCC(Oc2ccnc3c2CN(CCCN2CCCCOC2)CC3)CC1. The molecule has 0 spiro atoms. The van der Waals surface area contributed by atoms with Crippen LogP contribution in [0, 0.1) is 5.82 Å². The zero-order chi connectivity index (χ0) is 36.7. The summed E-state index contributed by atoms with van der Waals surface area (Å²) < 4.78 is 72.6. The summed E-state index contributed by atoms with van der Waals surface area (Å²) in [5.74, 6) is -0.836. The molecule has 1 amide bonds. The van der Waals surface area contributed by atoms with Crippen molar-refractivity contribution in [3.05, 3.63) is 59.4 Å². The number of ether oxygens (including phenoxy) is 3. The lowest BCUT2D eigenvalue weighted by atomic mass is 10.0. The highest BCUT2D eigenvalue weighted by Gasteiger charge is 2.36. The summed E-state index contributed by atoms with van der Waals surface area (Å²) in [4.78, 5) is 29.8. The minimum atomic E-state index is -4.65. The predicted octanol–water partition coefficient (Wildman–Crippen LogP) is 5.48. The maximum absolute atomic E-state index is 14.3. The first kappa shape index (κ1) is 37.6. The molecule has 5 heterocycles. The first-order valence-corrected chi connectivity index (χ1v) is 18.0. The molecule has 16 heteroatoms. The first-order chi connectivity index (χ1) is 25.0. The molecule has 0 bridgehead atoms. The van der Waals surface area contributed by atoms with Gasteiger partial charge in [-0.3, -0.25) is 19.6 Å². The molecule has 0 saturated carbocycles. The van der Waals surface area contributed by atoms with E-state index in [1.807, 2.05) is 17.2 Å². The molecule has 3 aromatic rings. The van der Waals surface area contributed by atoms with Gasteiger partial charge >= 0.3 is 6.18 Å². The van der Waals surface area contributed by atoms with Crippen LogP contribution in [0.25, 0.3) is 0 Å². The second-order valence-corrected chi connectivity index (χ2v) is 13.8. The summed E-state index contributed by atoms with van der Waals surface area (Å²) in [6.07, 6.45) is 3.97. The van der Waals surface area contributed by atoms with Crippen LogP contribution in [0.5, 0.6) is 17.4 Å². The Kier molecular flexibility index (Phi) is 12.4. The lowest BCUT2D eigenvalue weighted by Crippen LogP contribution is -2.43. The third-order valence-corrected chi connectivity index (χ3v) is 9.60. The molecule has 52 heavy (non-hydrogen) atoms. The molecule has 0 aliphatic carbocycles. The molecule has 3 aliphatic heterocycles. The highest BCUT2D eigenvalue weighted by atomic mass is 19.4. The Bertz CT molecular complexity index is 1650. The van der Waals surface area contributed by atoms with Crippen molar-refractivity contribution in [2.24, 2.45) is 0 Å². The van der Waals surface area contributed by atoms with Gasteiger partial charge in [-0.15, -0.1) is 10.2 Å². The third kappa shape index (κ3) is 9.83. The van der Waals surface area contributed by atoms with Crippen LogP contribution in [-0.4, -0.2) is 118 Å². The maximum Gasteiger partial charge on any atom is 0.406 e. The fourth-order valence-electron chi connectivity index (χ4n) is 6.87. The summed E-state index contributed by atoms with van der Waals surface area (Å²) in [5, 5.41) is 7.91. The van der Waals surface area contributed by atoms with Crippen molar-refractivity contribution in [3.63, 3.8) is 0 Å². The molecule has 0 N–H and O–H groups in total. The van der Waals surface area contributed by atoms with E-state index < -0.39 is 30.5 Å². The van der Waals surface area contributed by atoms with Gasteiger partial charge in [0.1, 0.15) is 36.3 Å². The lowest BCUT2D eigenvalue weighted by Gasteiger charge is -2.34. The predicted molar refractivity (Wildman–Crippen MR) is 184 cm³/mol. The number of rotatable bonds is 12. The number of carbonyl (C=O) groups is 1. The van der Waals surface area contributed by atoms with E-state index in [2.05, 4.69) is 30.0 Å². The van der Waals surface area contributed by atoms with E-state index >= 15 is 0 Å². The maximum atomic E-state index is 14.3. The number of alkyl halides is 3. The second-order valence-electron chi connectivity index (χ2n) is 13.8. The normalized spacial score (nSPS) is 17.9. The fraction of sp³-hybridized carbons (Fsp3) is 0.583. The van der Waals surface area contributed by atoms with Crippen LogP contribution < -0.4 is 14.4 Å². The number of hydrogen-bond acceptors (Lipinski definition) is 11. The Balaban J connectivity index is 1.08. The second kappa shape index (κ2) is 17.1. The number of anilines is 1. The molecule has 12 nitrogen and oxygen atoms in total. The van der Waals surface area contributed by atoms with Gasteiger partial charge in [0.25, 0.3) is 11.8 Å². The van der Waals surface area contributed by atoms with E-state index in [1.165, 1.54) is 32.7 Å². The van der Waals surface area contributed by atoms with Gasteiger partial charge in [-0.05, 0) is 63.9 Å². The molecule has 2 fully saturated rings. The number of amides is 1. The molecule has 0 atom stereocenters. The minimum Gasteiger partial charge on any atom is -0.490 e. The van der Waals surface area contributed by atoms with Crippen molar-refractivity contribution in [1.82, 2.24) is 34.9 Å². The largest absolute Gasteiger partial charge is 0.490 e. The summed E-state index contributed by atoms with van der Waals surface area (Å²) in [6.45, 7) is 8.93. The monoisotopic (exact) mass is 730 g/mol. The summed E-state index contributed by atoms with van der Waals surface area (Å²) in [7, 11) is 0. The van der Waals surface area contributed by atoms with Crippen LogP contribution in [-0.2, 0) is 17.7 Å². The molecular weight excluding hydrogens is 684 g/mol. The quantitative estimate of drug-likeness (QED) is 0.221. The van der Waals surface area contributed by atoms with Crippen LogP contribution in [0.15, 0.2) is 36.8 Å². The zero-order valence-corrected chi connectivity index (χ0v) is 29.7. The number of piperidine rings is 1. The highest BCUT2D eigenvalue weighted by Crippen LogP contribution is 2.34. The minimum absolute atomic E-state index is 0.0545. The molecular formula is C36H46F4N8O4. The van der Waals surface area contributed by atoms with Gasteiger partial charge in [0, 0.05) is 88.6 Å². The lowest BCUT2D eigenvalue weighted by molar-refractivity contribution is -0.143. The summed E-state index contributed by atoms with van der Waals surface area (Å²) in [5.41, 5.74) is 1.85. The van der Waals surface area contributed by atoms with Gasteiger partial charge < -0.3 is 24.0 Å². The Morgan fingerprint density at radius 3 is 2.63 bits per heavy atom. The molecule has 6 rings (SSSR count). The summed E-state index contributed by atoms with van der Waals surface area (Å²) in [6, 6.07) is 4.24. The van der Waals surface area contributed by atoms with Crippen LogP contribution in [0.3, 0.4) is 0 Å². The van der Waals surface area contributed by atoms with Gasteiger partial charge in [0.15, 0.2) is 5.82 Å². The smallest absolute Gasteiger partial charge is 0.406 e. The molecule has 282 valence electrons. The molecule has 2 saturated heterocycles. The van der Waals surface area contributed by atoms with Crippen LogP contribution in [0.4, 0.5) is 23.4 Å². The van der Waals surface area contributed by atoms with Crippen LogP contribution >= 0.6 is 0 Å². The van der Waals surface area contributed by atoms with Crippen molar-refractivity contribution in [3.8, 4) is 17.4 Å². The number of aromatic nitrogens is 4. The Morgan fingerprint density at radius 2 is 1.85 bits per heavy atom. The van der Waals surface area contributed by atoms with Crippen molar-refractivity contribution >= 4 is 11.7 Å². The average molecular weight is 731 g/mol. The molecule has 3 aliphatic rings. The Hall–Kier alpha value is -4.15. The highest BCUT2D eigenvalue weighted by molar-refractivity contribution is 5.97. The zero-order valence-electron chi connectivity index (χ0n) is 29.7. The number of halogens is 4. The Labute approximate surface area is 301 Å². The summed E-state index contributed by atoms with van der Waals surface area (Å²) >= 11 is 0. The topological polar surface area (TPSA) is 109 Å². The average Bonchev–Trinajstić information content (AvgIpc) is 3.40. The van der Waals surface area contributed by atoms with Gasteiger partial charge in [-0.2, -0.15) is 13.2 Å². The number of pyridine rings is 1. The van der Waals surface area contributed by atoms with E-state index in [0.717, 1.165) is 87.7 Å². The van der Waals surface area contributed by atoms with E-state index in [1.54, 1.807) is 0 Å². The van der Waals surface area contributed by atoms with Crippen molar-refractivity contribution in [2.45, 2.75) is 77.2 Å². The number of nitrogens with zero attached hydrogens (tertiary/aromatic N) is 8. The van der Waals surface area contributed by atoms with Crippen molar-refractivity contribution in [1.29, 1.82) is 0 Å². The molecule has 1 aromatic carbocycles. The van der Waals surface area contributed by atoms with Crippen LogP contribution in [0.2, 0.25) is 0 Å². The van der Waals surface area contributed by atoms with Gasteiger partial charge in [0.05, 0.1) is 12.3 Å². The third-order valence-electron chi connectivity index (χ3n) is 9.60.